The molecule has 2 amide bonds. The molecule has 2 rings (SSSR count). The number of hydrazine groups is 1. The van der Waals surface area contributed by atoms with Gasteiger partial charge in [0, 0.05) is 0 Å². The molecule has 0 fully saturated rings. The molecular formula is C22H27N3O4S. The molecule has 8 heteroatoms. The van der Waals surface area contributed by atoms with Crippen LogP contribution < -0.4 is 25.6 Å². The highest BCUT2D eigenvalue weighted by molar-refractivity contribution is 7.80. The molecule has 2 aromatic carbocycles. The Morgan fingerprint density at radius 1 is 1.07 bits per heavy atom. The summed E-state index contributed by atoms with van der Waals surface area (Å²) in [5.41, 5.74) is 7.52. The van der Waals surface area contributed by atoms with Gasteiger partial charge in [0.15, 0.2) is 11.2 Å². The number of amides is 2. The van der Waals surface area contributed by atoms with E-state index in [4.69, 9.17) is 21.7 Å². The van der Waals surface area contributed by atoms with Crippen LogP contribution in [0.25, 0.3) is 0 Å². The number of carbonyl (C=O) groups excluding carboxylic acids is 2. The molecule has 0 aliphatic rings. The molecule has 7 nitrogen and oxygen atoms in total. The largest absolute Gasteiger partial charge is 0.493 e. The van der Waals surface area contributed by atoms with Crippen LogP contribution in [0.1, 0.15) is 41.8 Å². The van der Waals surface area contributed by atoms with Gasteiger partial charge in [0.25, 0.3) is 11.8 Å². The molecular weight excluding hydrogens is 402 g/mol. The minimum absolute atomic E-state index is 0.0444. The molecule has 1 unspecified atom stereocenters. The Balaban J connectivity index is 1.85. The molecule has 0 bridgehead atoms. The van der Waals surface area contributed by atoms with Gasteiger partial charge in [-0.25, -0.2) is 0 Å². The fraction of sp³-hybridized carbons (Fsp3) is 0.318. The molecule has 0 aromatic heterocycles. The lowest BCUT2D eigenvalue weighted by molar-refractivity contribution is -0.127. The molecule has 1 atom stereocenters. The van der Waals surface area contributed by atoms with E-state index in [0.29, 0.717) is 23.7 Å². The summed E-state index contributed by atoms with van der Waals surface area (Å²) in [7, 11) is 0. The number of carbonyl (C=O) groups is 2. The maximum absolute atomic E-state index is 12.5. The maximum Gasteiger partial charge on any atom is 0.279 e. The van der Waals surface area contributed by atoms with Crippen LogP contribution in [0, 0.1) is 13.8 Å². The van der Waals surface area contributed by atoms with Gasteiger partial charge < -0.3 is 9.47 Å². The number of nitrogens with one attached hydrogen (secondary N) is 3. The Morgan fingerprint density at radius 2 is 1.80 bits per heavy atom. The van der Waals surface area contributed by atoms with Crippen LogP contribution >= 0.6 is 12.2 Å². The zero-order valence-corrected chi connectivity index (χ0v) is 18.4. The van der Waals surface area contributed by atoms with Crippen molar-refractivity contribution in [2.45, 2.75) is 40.2 Å². The summed E-state index contributed by atoms with van der Waals surface area (Å²) in [5, 5.41) is 2.47. The summed E-state index contributed by atoms with van der Waals surface area (Å²) in [4.78, 5) is 24.7. The van der Waals surface area contributed by atoms with Crippen molar-refractivity contribution in [2.75, 3.05) is 6.61 Å². The van der Waals surface area contributed by atoms with Gasteiger partial charge in [-0.05, 0) is 74.8 Å². The first kappa shape index (κ1) is 23.2. The van der Waals surface area contributed by atoms with Crippen LogP contribution in [0.3, 0.4) is 0 Å². The van der Waals surface area contributed by atoms with Crippen molar-refractivity contribution >= 4 is 29.1 Å². The Morgan fingerprint density at radius 3 is 2.50 bits per heavy atom. The number of hydrogen-bond donors (Lipinski definition) is 3. The normalized spacial score (nSPS) is 11.2. The zero-order chi connectivity index (χ0) is 22.1. The van der Waals surface area contributed by atoms with Crippen LogP contribution in [0.4, 0.5) is 0 Å². The second-order valence-corrected chi connectivity index (χ2v) is 7.16. The molecule has 0 saturated carbocycles. The van der Waals surface area contributed by atoms with E-state index in [2.05, 4.69) is 16.2 Å². The van der Waals surface area contributed by atoms with E-state index in [1.165, 1.54) is 0 Å². The van der Waals surface area contributed by atoms with Crippen molar-refractivity contribution in [3.8, 4) is 11.5 Å². The predicted molar refractivity (Wildman–Crippen MR) is 120 cm³/mol. The molecule has 160 valence electrons. The Bertz CT molecular complexity index is 917. The third-order valence-corrected chi connectivity index (χ3v) is 4.48. The third kappa shape index (κ3) is 6.73. The fourth-order valence-corrected chi connectivity index (χ4v) is 2.60. The summed E-state index contributed by atoms with van der Waals surface area (Å²) in [6.07, 6.45) is 0.0611. The zero-order valence-electron chi connectivity index (χ0n) is 17.6. The smallest absolute Gasteiger partial charge is 0.279 e. The predicted octanol–water partition coefficient (Wildman–Crippen LogP) is 3.20. The lowest BCUT2D eigenvalue weighted by Crippen LogP contribution is -2.51. The Labute approximate surface area is 182 Å². The average molecular weight is 430 g/mol. The molecule has 0 spiro atoms. The summed E-state index contributed by atoms with van der Waals surface area (Å²) in [6, 6.07) is 12.5. The van der Waals surface area contributed by atoms with E-state index in [1.807, 2.05) is 39.0 Å². The molecule has 2 aromatic rings. The highest BCUT2D eigenvalue weighted by Crippen LogP contribution is 2.18. The average Bonchev–Trinajstić information content (AvgIpc) is 2.73. The second kappa shape index (κ2) is 11.2. The number of thiocarbonyl (C=S) groups is 1. The number of hydrogen-bond acceptors (Lipinski definition) is 5. The van der Waals surface area contributed by atoms with Crippen molar-refractivity contribution in [3.63, 3.8) is 0 Å². The van der Waals surface area contributed by atoms with E-state index < -0.39 is 17.9 Å². The molecule has 0 aliphatic heterocycles. The Hall–Kier alpha value is -3.13. The number of ether oxygens (including phenoxy) is 2. The highest BCUT2D eigenvalue weighted by atomic mass is 32.1. The van der Waals surface area contributed by atoms with E-state index in [9.17, 15) is 9.59 Å². The standard InChI is InChI=1S/C22H27N3O4S/c1-5-12-28-19-9-7-6-8-18(19)21(27)23-22(30)25-24-20(26)16(4)29-17-11-10-14(2)15(3)13-17/h6-11,13,16H,5,12H2,1-4H3,(H,24,26)(H2,23,25,27,30). The van der Waals surface area contributed by atoms with Crippen LogP contribution in [-0.2, 0) is 4.79 Å². The van der Waals surface area contributed by atoms with Gasteiger partial charge in [0.1, 0.15) is 11.5 Å². The number of aryl methyl sites for hydroxylation is 2. The van der Waals surface area contributed by atoms with Gasteiger partial charge >= 0.3 is 0 Å². The van der Waals surface area contributed by atoms with Crippen LogP contribution in [-0.4, -0.2) is 29.6 Å². The molecule has 0 aliphatic carbocycles. The van der Waals surface area contributed by atoms with Crippen LogP contribution in [0.15, 0.2) is 42.5 Å². The van der Waals surface area contributed by atoms with Crippen molar-refractivity contribution in [1.29, 1.82) is 0 Å². The molecule has 0 saturated heterocycles. The van der Waals surface area contributed by atoms with E-state index in [0.717, 1.165) is 17.5 Å². The van der Waals surface area contributed by atoms with Gasteiger partial charge in [0.05, 0.1) is 12.2 Å². The van der Waals surface area contributed by atoms with Gasteiger partial charge in [-0.3, -0.25) is 25.8 Å². The topological polar surface area (TPSA) is 88.7 Å². The molecule has 0 heterocycles. The number of para-hydroxylation sites is 1. The van der Waals surface area contributed by atoms with Crippen LogP contribution in [0.2, 0.25) is 0 Å². The molecule has 30 heavy (non-hydrogen) atoms. The van der Waals surface area contributed by atoms with Gasteiger partial charge in [0.2, 0.25) is 0 Å². The van der Waals surface area contributed by atoms with Crippen molar-refractivity contribution < 1.29 is 19.1 Å². The SMILES string of the molecule is CCCOc1ccccc1C(=O)NC(=S)NNC(=O)C(C)Oc1ccc(C)c(C)c1. The first-order valence-corrected chi connectivity index (χ1v) is 10.1. The van der Waals surface area contributed by atoms with Gasteiger partial charge in [-0.1, -0.05) is 25.1 Å². The third-order valence-electron chi connectivity index (χ3n) is 4.28. The summed E-state index contributed by atoms with van der Waals surface area (Å²) < 4.78 is 11.2. The maximum atomic E-state index is 12.5. The quantitative estimate of drug-likeness (QED) is 0.463. The first-order valence-electron chi connectivity index (χ1n) is 9.68. The summed E-state index contributed by atoms with van der Waals surface area (Å²) >= 11 is 5.09. The lowest BCUT2D eigenvalue weighted by Gasteiger charge is -2.17. The Kier molecular flexibility index (Phi) is 8.61. The molecule has 3 N–H and O–H groups in total. The number of rotatable bonds is 7. The second-order valence-electron chi connectivity index (χ2n) is 6.75. The van der Waals surface area contributed by atoms with E-state index in [-0.39, 0.29) is 5.11 Å². The summed E-state index contributed by atoms with van der Waals surface area (Å²) in [6.45, 7) is 8.08. The van der Waals surface area contributed by atoms with E-state index >= 15 is 0 Å². The fourth-order valence-electron chi connectivity index (χ4n) is 2.46. The summed E-state index contributed by atoms with van der Waals surface area (Å²) in [5.74, 6) is 0.198. The number of benzene rings is 2. The lowest BCUT2D eigenvalue weighted by atomic mass is 10.1. The minimum atomic E-state index is -0.763. The van der Waals surface area contributed by atoms with Crippen molar-refractivity contribution in [2.24, 2.45) is 0 Å². The van der Waals surface area contributed by atoms with Gasteiger partial charge in [-0.15, -0.1) is 0 Å². The molecule has 0 radical (unpaired) electrons. The van der Waals surface area contributed by atoms with Crippen molar-refractivity contribution in [1.82, 2.24) is 16.2 Å². The highest BCUT2D eigenvalue weighted by Gasteiger charge is 2.17. The van der Waals surface area contributed by atoms with Gasteiger partial charge in [-0.2, -0.15) is 0 Å². The van der Waals surface area contributed by atoms with Crippen LogP contribution in [0.5, 0.6) is 11.5 Å². The monoisotopic (exact) mass is 429 g/mol. The first-order chi connectivity index (χ1) is 14.3. The van der Waals surface area contributed by atoms with E-state index in [1.54, 1.807) is 31.2 Å². The minimum Gasteiger partial charge on any atom is -0.493 e. The van der Waals surface area contributed by atoms with Crippen molar-refractivity contribution in [3.05, 3.63) is 59.2 Å².